The van der Waals surface area contributed by atoms with E-state index in [0.717, 1.165) is 11.5 Å². The number of nitrogens with one attached hydrogen (secondary N) is 1. The van der Waals surface area contributed by atoms with Crippen molar-refractivity contribution in [3.05, 3.63) is 34.9 Å². The molecule has 1 unspecified atom stereocenters. The number of hydrogen-bond acceptors (Lipinski definition) is 3. The van der Waals surface area contributed by atoms with Gasteiger partial charge in [0.15, 0.2) is 0 Å². The van der Waals surface area contributed by atoms with E-state index in [9.17, 15) is 5.11 Å². The van der Waals surface area contributed by atoms with E-state index < -0.39 is 0 Å². The molecule has 0 heterocycles. The summed E-state index contributed by atoms with van der Waals surface area (Å²) in [6.45, 7) is 4.54. The molecule has 0 amide bonds. The minimum Gasteiger partial charge on any atom is -0.395 e. The predicted molar refractivity (Wildman–Crippen MR) is 79.1 cm³/mol. The fourth-order valence-electron chi connectivity index (χ4n) is 2.21. The molecule has 0 aromatic heterocycles. The number of aryl methyl sites for hydroxylation is 2. The van der Waals surface area contributed by atoms with Gasteiger partial charge in [0.25, 0.3) is 0 Å². The van der Waals surface area contributed by atoms with E-state index in [1.165, 1.54) is 29.5 Å². The Balaban J connectivity index is 1.75. The molecule has 0 spiro atoms. The molecule has 2 rings (SSSR count). The van der Waals surface area contributed by atoms with E-state index in [1.54, 1.807) is 0 Å². The molecule has 1 saturated carbocycles. The van der Waals surface area contributed by atoms with Gasteiger partial charge < -0.3 is 10.4 Å². The first kappa shape index (κ1) is 13.9. The molecule has 18 heavy (non-hydrogen) atoms. The van der Waals surface area contributed by atoms with Gasteiger partial charge in [0, 0.05) is 23.6 Å². The number of aliphatic hydroxyl groups excluding tert-OH is 1. The molecule has 2 N–H and O–H groups in total. The molecule has 0 aliphatic heterocycles. The highest BCUT2D eigenvalue weighted by Crippen LogP contribution is 2.21. The lowest BCUT2D eigenvalue weighted by molar-refractivity contribution is 0.253. The summed E-state index contributed by atoms with van der Waals surface area (Å²) in [5.74, 6) is 2.02. The van der Waals surface area contributed by atoms with E-state index in [2.05, 4.69) is 37.4 Å². The smallest absolute Gasteiger partial charge is 0.0592 e. The van der Waals surface area contributed by atoms with Gasteiger partial charge in [-0.05, 0) is 32.3 Å². The highest BCUT2D eigenvalue weighted by Gasteiger charge is 2.23. The Morgan fingerprint density at radius 1 is 1.28 bits per heavy atom. The first-order chi connectivity index (χ1) is 8.67. The standard InChI is InChI=1S/C15H23NOS/c1-11-5-12(2)7-13(6-11)9-18-10-15(8-17)16-14-3-4-14/h5-7,14-17H,3-4,8-10H2,1-2H3. The lowest BCUT2D eigenvalue weighted by atomic mass is 10.1. The third-order valence-corrected chi connectivity index (χ3v) is 4.31. The van der Waals surface area contributed by atoms with Crippen LogP contribution in [0, 0.1) is 13.8 Å². The minimum absolute atomic E-state index is 0.246. The van der Waals surface area contributed by atoms with Crippen molar-refractivity contribution in [1.29, 1.82) is 0 Å². The van der Waals surface area contributed by atoms with Gasteiger partial charge in [-0.1, -0.05) is 29.3 Å². The maximum absolute atomic E-state index is 9.31. The summed E-state index contributed by atoms with van der Waals surface area (Å²) in [6, 6.07) is 7.64. The molecule has 2 nitrogen and oxygen atoms in total. The van der Waals surface area contributed by atoms with Crippen LogP contribution in [0.1, 0.15) is 29.5 Å². The Morgan fingerprint density at radius 2 is 1.94 bits per heavy atom. The molecular formula is C15H23NOS. The van der Waals surface area contributed by atoms with Crippen LogP contribution in [0.15, 0.2) is 18.2 Å². The van der Waals surface area contributed by atoms with Crippen molar-refractivity contribution in [2.75, 3.05) is 12.4 Å². The van der Waals surface area contributed by atoms with Gasteiger partial charge in [0.1, 0.15) is 0 Å². The third kappa shape index (κ3) is 4.63. The van der Waals surface area contributed by atoms with Crippen molar-refractivity contribution < 1.29 is 5.11 Å². The van der Waals surface area contributed by atoms with E-state index in [1.807, 2.05) is 11.8 Å². The summed E-state index contributed by atoms with van der Waals surface area (Å²) in [5, 5.41) is 12.8. The van der Waals surface area contributed by atoms with Crippen molar-refractivity contribution in [3.63, 3.8) is 0 Å². The molecule has 0 radical (unpaired) electrons. The second kappa shape index (κ2) is 6.60. The molecule has 1 aromatic carbocycles. The van der Waals surface area contributed by atoms with Gasteiger partial charge in [-0.15, -0.1) is 0 Å². The van der Waals surface area contributed by atoms with E-state index in [4.69, 9.17) is 0 Å². The number of rotatable bonds is 7. The van der Waals surface area contributed by atoms with Crippen LogP contribution in [0.2, 0.25) is 0 Å². The zero-order chi connectivity index (χ0) is 13.0. The molecule has 100 valence electrons. The highest BCUT2D eigenvalue weighted by molar-refractivity contribution is 7.98. The molecule has 1 aliphatic rings. The minimum atomic E-state index is 0.246. The number of thioether (sulfide) groups is 1. The Morgan fingerprint density at radius 3 is 2.50 bits per heavy atom. The summed E-state index contributed by atoms with van der Waals surface area (Å²) in [4.78, 5) is 0. The summed E-state index contributed by atoms with van der Waals surface area (Å²) >= 11 is 1.90. The summed E-state index contributed by atoms with van der Waals surface area (Å²) in [6.07, 6.45) is 2.55. The third-order valence-electron chi connectivity index (χ3n) is 3.14. The van der Waals surface area contributed by atoms with Gasteiger partial charge in [-0.2, -0.15) is 11.8 Å². The van der Waals surface area contributed by atoms with Crippen molar-refractivity contribution in [3.8, 4) is 0 Å². The normalized spacial score (nSPS) is 16.8. The lowest BCUT2D eigenvalue weighted by Gasteiger charge is -2.15. The Hall–Kier alpha value is -0.510. The molecular weight excluding hydrogens is 242 g/mol. The van der Waals surface area contributed by atoms with Crippen molar-refractivity contribution >= 4 is 11.8 Å². The fourth-order valence-corrected chi connectivity index (χ4v) is 3.21. The molecule has 1 aliphatic carbocycles. The van der Waals surface area contributed by atoms with Gasteiger partial charge >= 0.3 is 0 Å². The quantitative estimate of drug-likeness (QED) is 0.795. The molecule has 0 saturated heterocycles. The Kier molecular flexibility index (Phi) is 5.10. The van der Waals surface area contributed by atoms with Crippen LogP contribution < -0.4 is 5.32 Å². The number of hydrogen-bond donors (Lipinski definition) is 2. The van der Waals surface area contributed by atoms with Gasteiger partial charge in [-0.3, -0.25) is 0 Å². The number of benzene rings is 1. The van der Waals surface area contributed by atoms with Crippen LogP contribution in [-0.2, 0) is 5.75 Å². The van der Waals surface area contributed by atoms with Crippen LogP contribution >= 0.6 is 11.8 Å². The van der Waals surface area contributed by atoms with E-state index in [-0.39, 0.29) is 12.6 Å². The first-order valence-corrected chi connectivity index (χ1v) is 7.84. The predicted octanol–water partition coefficient (Wildman–Crippen LogP) is 2.65. The molecule has 0 bridgehead atoms. The average molecular weight is 265 g/mol. The van der Waals surface area contributed by atoms with E-state index in [0.29, 0.717) is 6.04 Å². The van der Waals surface area contributed by atoms with E-state index >= 15 is 0 Å². The Bertz CT molecular complexity index is 370. The summed E-state index contributed by atoms with van der Waals surface area (Å²) < 4.78 is 0. The van der Waals surface area contributed by atoms with Crippen LogP contribution in [-0.4, -0.2) is 29.5 Å². The average Bonchev–Trinajstić information content (AvgIpc) is 3.10. The topological polar surface area (TPSA) is 32.3 Å². The lowest BCUT2D eigenvalue weighted by Crippen LogP contribution is -2.36. The molecule has 1 aromatic rings. The second-order valence-electron chi connectivity index (χ2n) is 5.33. The zero-order valence-corrected chi connectivity index (χ0v) is 12.1. The monoisotopic (exact) mass is 265 g/mol. The van der Waals surface area contributed by atoms with Crippen LogP contribution in [0.3, 0.4) is 0 Å². The fraction of sp³-hybridized carbons (Fsp3) is 0.600. The second-order valence-corrected chi connectivity index (χ2v) is 6.36. The molecule has 1 atom stereocenters. The van der Waals surface area contributed by atoms with Crippen molar-refractivity contribution in [2.45, 2.75) is 44.5 Å². The SMILES string of the molecule is Cc1cc(C)cc(CSCC(CO)NC2CC2)c1. The summed E-state index contributed by atoms with van der Waals surface area (Å²) in [7, 11) is 0. The maximum Gasteiger partial charge on any atom is 0.0592 e. The Labute approximate surface area is 114 Å². The van der Waals surface area contributed by atoms with Gasteiger partial charge in [-0.25, -0.2) is 0 Å². The van der Waals surface area contributed by atoms with Crippen LogP contribution in [0.25, 0.3) is 0 Å². The summed E-state index contributed by atoms with van der Waals surface area (Å²) in [5.41, 5.74) is 4.06. The largest absolute Gasteiger partial charge is 0.395 e. The molecule has 1 fully saturated rings. The van der Waals surface area contributed by atoms with Gasteiger partial charge in [0.2, 0.25) is 0 Å². The zero-order valence-electron chi connectivity index (χ0n) is 11.3. The van der Waals surface area contributed by atoms with Gasteiger partial charge in [0.05, 0.1) is 6.61 Å². The first-order valence-electron chi connectivity index (χ1n) is 6.69. The molecule has 3 heteroatoms. The van der Waals surface area contributed by atoms with Crippen LogP contribution in [0.4, 0.5) is 0 Å². The highest BCUT2D eigenvalue weighted by atomic mass is 32.2. The van der Waals surface area contributed by atoms with Crippen molar-refractivity contribution in [1.82, 2.24) is 5.32 Å². The maximum atomic E-state index is 9.31. The number of aliphatic hydroxyl groups is 1. The van der Waals surface area contributed by atoms with Crippen LogP contribution in [0.5, 0.6) is 0 Å². The van der Waals surface area contributed by atoms with Crippen molar-refractivity contribution in [2.24, 2.45) is 0 Å².